The van der Waals surface area contributed by atoms with Crippen LogP contribution in [-0.4, -0.2) is 25.8 Å². The first-order valence-electron chi connectivity index (χ1n) is 6.22. The molecule has 5 heteroatoms. The van der Waals surface area contributed by atoms with Crippen LogP contribution in [0.1, 0.15) is 12.8 Å². The first-order valence-corrected chi connectivity index (χ1v) is 6.22. The van der Waals surface area contributed by atoms with E-state index < -0.39 is 0 Å². The second-order valence-corrected chi connectivity index (χ2v) is 4.52. The highest BCUT2D eigenvalue weighted by Crippen LogP contribution is 2.14. The highest BCUT2D eigenvalue weighted by Gasteiger charge is 2.14. The minimum Gasteiger partial charge on any atom is -0.399 e. The summed E-state index contributed by atoms with van der Waals surface area (Å²) in [4.78, 5) is 11.7. The minimum atomic E-state index is -0.188. The quantitative estimate of drug-likeness (QED) is 0.715. The van der Waals surface area contributed by atoms with E-state index in [1.165, 1.54) is 0 Å². The maximum atomic E-state index is 11.7. The third-order valence-electron chi connectivity index (χ3n) is 3.04. The number of hydrogen-bond acceptors (Lipinski definition) is 3. The van der Waals surface area contributed by atoms with Crippen LogP contribution < -0.4 is 16.4 Å². The number of carbonyl (C=O) groups is 1. The lowest BCUT2D eigenvalue weighted by molar-refractivity contribution is 0.0671. The highest BCUT2D eigenvalue weighted by molar-refractivity contribution is 5.89. The normalized spacial score (nSPS) is 16.2. The van der Waals surface area contributed by atoms with Gasteiger partial charge in [-0.05, 0) is 37.0 Å². The van der Waals surface area contributed by atoms with Crippen LogP contribution in [0.15, 0.2) is 24.3 Å². The molecule has 0 aromatic heterocycles. The third-order valence-corrected chi connectivity index (χ3v) is 3.04. The van der Waals surface area contributed by atoms with E-state index in [0.29, 0.717) is 23.8 Å². The third kappa shape index (κ3) is 3.92. The molecule has 2 rings (SSSR count). The van der Waals surface area contributed by atoms with E-state index in [-0.39, 0.29) is 6.03 Å². The topological polar surface area (TPSA) is 76.4 Å². The van der Waals surface area contributed by atoms with Crippen molar-refractivity contribution in [1.29, 1.82) is 0 Å². The summed E-state index contributed by atoms with van der Waals surface area (Å²) in [6.45, 7) is 2.28. The van der Waals surface area contributed by atoms with Gasteiger partial charge in [-0.25, -0.2) is 4.79 Å². The fourth-order valence-corrected chi connectivity index (χ4v) is 1.98. The van der Waals surface area contributed by atoms with Gasteiger partial charge in [-0.2, -0.15) is 0 Å². The van der Waals surface area contributed by atoms with E-state index >= 15 is 0 Å². The number of rotatable bonds is 3. The average molecular weight is 249 g/mol. The summed E-state index contributed by atoms with van der Waals surface area (Å²) >= 11 is 0. The fourth-order valence-electron chi connectivity index (χ4n) is 1.98. The van der Waals surface area contributed by atoms with Gasteiger partial charge in [0.2, 0.25) is 0 Å². The van der Waals surface area contributed by atoms with Crippen LogP contribution in [0.3, 0.4) is 0 Å². The van der Waals surface area contributed by atoms with Gasteiger partial charge in [0.05, 0.1) is 0 Å². The molecule has 0 unspecified atom stereocenters. The molecule has 2 amide bonds. The second kappa shape index (κ2) is 6.26. The molecule has 1 fully saturated rings. The number of nitrogens with one attached hydrogen (secondary N) is 2. The smallest absolute Gasteiger partial charge is 0.319 e. The number of ether oxygens (including phenoxy) is 1. The van der Waals surface area contributed by atoms with Crippen molar-refractivity contribution in [3.8, 4) is 0 Å². The summed E-state index contributed by atoms with van der Waals surface area (Å²) in [5, 5.41) is 5.63. The van der Waals surface area contributed by atoms with Crippen LogP contribution in [0.25, 0.3) is 0 Å². The Labute approximate surface area is 107 Å². The van der Waals surface area contributed by atoms with Crippen molar-refractivity contribution in [2.45, 2.75) is 12.8 Å². The van der Waals surface area contributed by atoms with E-state index in [1.807, 2.05) is 12.1 Å². The molecule has 0 radical (unpaired) electrons. The summed E-state index contributed by atoms with van der Waals surface area (Å²) in [5.74, 6) is 0.519. The van der Waals surface area contributed by atoms with Gasteiger partial charge in [-0.15, -0.1) is 0 Å². The number of anilines is 2. The van der Waals surface area contributed by atoms with Crippen molar-refractivity contribution in [3.63, 3.8) is 0 Å². The zero-order valence-electron chi connectivity index (χ0n) is 10.3. The number of nitrogens with two attached hydrogens (primary N) is 1. The SMILES string of the molecule is Nc1cccc(NC(=O)NCC2CCOCC2)c1. The molecule has 1 saturated heterocycles. The van der Waals surface area contributed by atoms with Crippen molar-refractivity contribution in [2.24, 2.45) is 5.92 Å². The van der Waals surface area contributed by atoms with Crippen molar-refractivity contribution in [1.82, 2.24) is 5.32 Å². The van der Waals surface area contributed by atoms with E-state index in [0.717, 1.165) is 26.1 Å². The van der Waals surface area contributed by atoms with Gasteiger partial charge in [0.15, 0.2) is 0 Å². The zero-order chi connectivity index (χ0) is 12.8. The Balaban J connectivity index is 1.74. The lowest BCUT2D eigenvalue weighted by atomic mass is 10.0. The molecular weight excluding hydrogens is 230 g/mol. The van der Waals surface area contributed by atoms with Gasteiger partial charge in [0, 0.05) is 31.1 Å². The molecule has 0 atom stereocenters. The predicted octanol–water partition coefficient (Wildman–Crippen LogP) is 1.82. The van der Waals surface area contributed by atoms with E-state index in [4.69, 9.17) is 10.5 Å². The number of hydrogen-bond donors (Lipinski definition) is 3. The zero-order valence-corrected chi connectivity index (χ0v) is 10.3. The van der Waals surface area contributed by atoms with Gasteiger partial charge in [-0.3, -0.25) is 0 Å². The lowest BCUT2D eigenvalue weighted by Gasteiger charge is -2.22. The minimum absolute atomic E-state index is 0.188. The van der Waals surface area contributed by atoms with Crippen molar-refractivity contribution >= 4 is 17.4 Å². The Morgan fingerprint density at radius 3 is 2.89 bits per heavy atom. The second-order valence-electron chi connectivity index (χ2n) is 4.52. The lowest BCUT2D eigenvalue weighted by Crippen LogP contribution is -2.35. The van der Waals surface area contributed by atoms with E-state index in [1.54, 1.807) is 12.1 Å². The van der Waals surface area contributed by atoms with Crippen LogP contribution in [0, 0.1) is 5.92 Å². The van der Waals surface area contributed by atoms with Crippen molar-refractivity contribution in [3.05, 3.63) is 24.3 Å². The average Bonchev–Trinajstić information content (AvgIpc) is 2.38. The molecule has 1 heterocycles. The largest absolute Gasteiger partial charge is 0.399 e. The summed E-state index contributed by atoms with van der Waals surface area (Å²) in [5.41, 5.74) is 6.98. The molecule has 0 saturated carbocycles. The first kappa shape index (κ1) is 12.7. The Kier molecular flexibility index (Phi) is 4.41. The van der Waals surface area contributed by atoms with Crippen LogP contribution in [-0.2, 0) is 4.74 Å². The highest BCUT2D eigenvalue weighted by atomic mass is 16.5. The van der Waals surface area contributed by atoms with Gasteiger partial charge >= 0.3 is 6.03 Å². The van der Waals surface area contributed by atoms with Crippen LogP contribution in [0.4, 0.5) is 16.2 Å². The summed E-state index contributed by atoms with van der Waals surface area (Å²) in [6.07, 6.45) is 2.02. The maximum absolute atomic E-state index is 11.7. The Bertz CT molecular complexity index is 403. The van der Waals surface area contributed by atoms with Gasteiger partial charge in [-0.1, -0.05) is 6.07 Å². The Morgan fingerprint density at radius 2 is 2.17 bits per heavy atom. The molecule has 0 aliphatic carbocycles. The monoisotopic (exact) mass is 249 g/mol. The molecule has 1 aromatic rings. The van der Waals surface area contributed by atoms with Crippen molar-refractivity contribution in [2.75, 3.05) is 30.8 Å². The Morgan fingerprint density at radius 1 is 1.39 bits per heavy atom. The van der Waals surface area contributed by atoms with Crippen molar-refractivity contribution < 1.29 is 9.53 Å². The molecule has 18 heavy (non-hydrogen) atoms. The number of carbonyl (C=O) groups excluding carboxylic acids is 1. The van der Waals surface area contributed by atoms with Gasteiger partial charge in [0.1, 0.15) is 0 Å². The van der Waals surface area contributed by atoms with Gasteiger partial charge < -0.3 is 21.1 Å². The molecule has 0 spiro atoms. The number of amides is 2. The molecule has 98 valence electrons. The molecular formula is C13H19N3O2. The maximum Gasteiger partial charge on any atom is 0.319 e. The predicted molar refractivity (Wildman–Crippen MR) is 71.4 cm³/mol. The summed E-state index contributed by atoms with van der Waals surface area (Å²) in [6, 6.07) is 6.94. The molecule has 1 aliphatic heterocycles. The van der Waals surface area contributed by atoms with Crippen LogP contribution in [0.2, 0.25) is 0 Å². The summed E-state index contributed by atoms with van der Waals surface area (Å²) < 4.78 is 5.27. The first-order chi connectivity index (χ1) is 8.74. The molecule has 1 aromatic carbocycles. The van der Waals surface area contributed by atoms with Crippen LogP contribution >= 0.6 is 0 Å². The van der Waals surface area contributed by atoms with Crippen LogP contribution in [0.5, 0.6) is 0 Å². The standard InChI is InChI=1S/C13H19N3O2/c14-11-2-1-3-12(8-11)16-13(17)15-9-10-4-6-18-7-5-10/h1-3,8,10H,4-7,9,14H2,(H2,15,16,17). The number of benzene rings is 1. The molecule has 0 bridgehead atoms. The van der Waals surface area contributed by atoms with E-state index in [9.17, 15) is 4.79 Å². The Hall–Kier alpha value is -1.75. The molecule has 5 nitrogen and oxygen atoms in total. The fraction of sp³-hybridized carbons (Fsp3) is 0.462. The van der Waals surface area contributed by atoms with E-state index in [2.05, 4.69) is 10.6 Å². The molecule has 1 aliphatic rings. The number of nitrogen functional groups attached to an aromatic ring is 1. The summed E-state index contributed by atoms with van der Waals surface area (Å²) in [7, 11) is 0. The van der Waals surface area contributed by atoms with Gasteiger partial charge in [0.25, 0.3) is 0 Å². The number of urea groups is 1. The molecule has 4 N–H and O–H groups in total.